The number of nitrogens with zero attached hydrogens (tertiary/aromatic N) is 6. The van der Waals surface area contributed by atoms with E-state index in [0.717, 1.165) is 18.9 Å². The van der Waals surface area contributed by atoms with Gasteiger partial charge in [0.1, 0.15) is 41.1 Å². The number of rotatable bonds is 7. The zero-order valence-electron chi connectivity index (χ0n) is 26.9. The van der Waals surface area contributed by atoms with Gasteiger partial charge in [0.2, 0.25) is 5.91 Å². The molecule has 2 aliphatic rings. The molecule has 0 unspecified atom stereocenters. The summed E-state index contributed by atoms with van der Waals surface area (Å²) in [5.41, 5.74) is 2.10. The van der Waals surface area contributed by atoms with Gasteiger partial charge in [-0.3, -0.25) is 14.5 Å². The lowest BCUT2D eigenvalue weighted by Gasteiger charge is -2.30. The normalized spacial score (nSPS) is 15.7. The Kier molecular flexibility index (Phi) is 9.00. The maximum atomic E-state index is 15.6. The summed E-state index contributed by atoms with van der Waals surface area (Å²) in [5.74, 6) is -0.747. The number of anilines is 4. The number of nitrogens with one attached hydrogen (secondary N) is 1. The van der Waals surface area contributed by atoms with Gasteiger partial charge < -0.3 is 19.7 Å². The fourth-order valence-electron chi connectivity index (χ4n) is 5.81. The number of morpholine rings is 1. The van der Waals surface area contributed by atoms with Crippen molar-refractivity contribution in [2.75, 3.05) is 48.0 Å². The van der Waals surface area contributed by atoms with Crippen LogP contribution in [0.3, 0.4) is 0 Å². The first-order valence-electron chi connectivity index (χ1n) is 15.7. The number of hydrogen-bond acceptors (Lipinski definition) is 10. The molecule has 246 valence electrons. The standard InChI is InChI=1S/C34H37F2N7O4/c1-20-32(31-24(36)13-22(35)14-26(31)41-33(20)43-8-6-5-7-29(43)44)40-25-15-28(42-9-11-46-12-10-42)39-19-23(25)21-17-37-27(38-18-21)16-30(45)47-34(2,3)4/h13-15,17-19H,5-12,16H2,1-4H3,(H,39,40,41). The van der Waals surface area contributed by atoms with Crippen molar-refractivity contribution in [1.82, 2.24) is 19.9 Å². The Hall–Kier alpha value is -4.78. The molecule has 0 aliphatic carbocycles. The van der Waals surface area contributed by atoms with Crippen LogP contribution in [-0.2, 0) is 25.5 Å². The summed E-state index contributed by atoms with van der Waals surface area (Å²) in [6.07, 6.45) is 6.73. The van der Waals surface area contributed by atoms with Crippen LogP contribution in [0.5, 0.6) is 0 Å². The second-order valence-electron chi connectivity index (χ2n) is 12.7. The van der Waals surface area contributed by atoms with Crippen LogP contribution in [0.25, 0.3) is 22.0 Å². The molecule has 2 saturated heterocycles. The molecular formula is C34H37F2N7O4. The number of halogens is 2. The van der Waals surface area contributed by atoms with E-state index in [1.54, 1.807) is 51.2 Å². The van der Waals surface area contributed by atoms with E-state index in [1.807, 2.05) is 6.07 Å². The number of pyridine rings is 2. The molecule has 6 rings (SSSR count). The second-order valence-corrected chi connectivity index (χ2v) is 12.7. The van der Waals surface area contributed by atoms with Crippen LogP contribution < -0.4 is 15.1 Å². The van der Waals surface area contributed by atoms with Gasteiger partial charge in [0, 0.05) is 79.5 Å². The highest BCUT2D eigenvalue weighted by atomic mass is 19.1. The predicted molar refractivity (Wildman–Crippen MR) is 174 cm³/mol. The van der Waals surface area contributed by atoms with E-state index in [-0.39, 0.29) is 23.2 Å². The number of hydrogen-bond donors (Lipinski definition) is 1. The molecule has 4 aromatic rings. The van der Waals surface area contributed by atoms with E-state index in [9.17, 15) is 14.0 Å². The van der Waals surface area contributed by atoms with Crippen molar-refractivity contribution in [1.29, 1.82) is 0 Å². The van der Waals surface area contributed by atoms with Crippen molar-refractivity contribution in [2.45, 2.75) is 59.0 Å². The summed E-state index contributed by atoms with van der Waals surface area (Å²) in [4.78, 5) is 47.1. The smallest absolute Gasteiger partial charge is 0.314 e. The molecule has 0 radical (unpaired) electrons. The Morgan fingerprint density at radius 1 is 1.02 bits per heavy atom. The van der Waals surface area contributed by atoms with E-state index in [0.29, 0.717) is 84.8 Å². The Morgan fingerprint density at radius 3 is 2.47 bits per heavy atom. The topological polar surface area (TPSA) is 123 Å². The fraction of sp³-hybridized carbons (Fsp3) is 0.412. The van der Waals surface area contributed by atoms with Crippen molar-refractivity contribution in [3.8, 4) is 11.1 Å². The molecule has 13 heteroatoms. The summed E-state index contributed by atoms with van der Waals surface area (Å²) in [6, 6.07) is 3.85. The number of carbonyl (C=O) groups is 2. The molecule has 2 aliphatic heterocycles. The minimum absolute atomic E-state index is 0.0859. The molecule has 1 aromatic carbocycles. The molecule has 2 fully saturated rings. The number of carbonyl (C=O) groups excluding carboxylic acids is 2. The van der Waals surface area contributed by atoms with Crippen LogP contribution in [0.2, 0.25) is 0 Å². The van der Waals surface area contributed by atoms with Gasteiger partial charge in [-0.15, -0.1) is 0 Å². The summed E-state index contributed by atoms with van der Waals surface area (Å²) < 4.78 is 41.0. The van der Waals surface area contributed by atoms with E-state index >= 15 is 4.39 Å². The maximum absolute atomic E-state index is 15.6. The minimum atomic E-state index is -0.784. The van der Waals surface area contributed by atoms with Crippen molar-refractivity contribution in [3.63, 3.8) is 0 Å². The van der Waals surface area contributed by atoms with Gasteiger partial charge in [-0.05, 0) is 40.5 Å². The number of piperidine rings is 1. The molecule has 0 atom stereocenters. The largest absolute Gasteiger partial charge is 0.460 e. The van der Waals surface area contributed by atoms with Crippen molar-refractivity contribution < 1.29 is 27.8 Å². The van der Waals surface area contributed by atoms with Gasteiger partial charge in [-0.25, -0.2) is 28.7 Å². The average Bonchev–Trinajstić information content (AvgIpc) is 3.02. The number of fused-ring (bicyclic) bond motifs is 1. The van der Waals surface area contributed by atoms with Crippen LogP contribution in [0.4, 0.5) is 31.8 Å². The van der Waals surface area contributed by atoms with Crippen LogP contribution in [0.1, 0.15) is 51.4 Å². The van der Waals surface area contributed by atoms with E-state index in [1.165, 1.54) is 6.07 Å². The lowest BCUT2D eigenvalue weighted by Crippen LogP contribution is -2.36. The molecule has 0 saturated carbocycles. The number of esters is 1. The SMILES string of the molecule is Cc1c(N2CCCCC2=O)nc2cc(F)cc(F)c2c1Nc1cc(N2CCOCC2)ncc1-c1cnc(CC(=O)OC(C)(C)C)nc1. The molecule has 1 amide bonds. The second kappa shape index (κ2) is 13.1. The number of amides is 1. The van der Waals surface area contributed by atoms with Crippen molar-refractivity contribution >= 4 is 45.8 Å². The lowest BCUT2D eigenvalue weighted by molar-refractivity contribution is -0.154. The van der Waals surface area contributed by atoms with Crippen LogP contribution >= 0.6 is 0 Å². The third-order valence-electron chi connectivity index (χ3n) is 8.02. The molecular weight excluding hydrogens is 608 g/mol. The van der Waals surface area contributed by atoms with Gasteiger partial charge in [0.15, 0.2) is 0 Å². The number of ether oxygens (including phenoxy) is 2. The summed E-state index contributed by atoms with van der Waals surface area (Å²) in [5, 5.41) is 3.52. The van der Waals surface area contributed by atoms with Gasteiger partial charge in [-0.1, -0.05) is 0 Å². The highest BCUT2D eigenvalue weighted by Crippen LogP contribution is 2.40. The molecule has 3 aromatic heterocycles. The van der Waals surface area contributed by atoms with Gasteiger partial charge in [-0.2, -0.15) is 0 Å². The highest BCUT2D eigenvalue weighted by Gasteiger charge is 2.27. The first kappa shape index (κ1) is 32.2. The third kappa shape index (κ3) is 7.14. The summed E-state index contributed by atoms with van der Waals surface area (Å²) >= 11 is 0. The summed E-state index contributed by atoms with van der Waals surface area (Å²) in [7, 11) is 0. The first-order valence-corrected chi connectivity index (χ1v) is 15.7. The monoisotopic (exact) mass is 645 g/mol. The molecule has 5 heterocycles. The van der Waals surface area contributed by atoms with Gasteiger partial charge in [0.05, 0.1) is 35.5 Å². The van der Waals surface area contributed by atoms with Gasteiger partial charge >= 0.3 is 5.97 Å². The average molecular weight is 646 g/mol. The Balaban J connectivity index is 1.45. The molecule has 1 N–H and O–H groups in total. The highest BCUT2D eigenvalue weighted by molar-refractivity contribution is 6.02. The Bertz CT molecular complexity index is 1820. The predicted octanol–water partition coefficient (Wildman–Crippen LogP) is 5.65. The minimum Gasteiger partial charge on any atom is -0.460 e. The molecule has 47 heavy (non-hydrogen) atoms. The van der Waals surface area contributed by atoms with Crippen LogP contribution in [0, 0.1) is 18.6 Å². The Morgan fingerprint density at radius 2 is 1.77 bits per heavy atom. The molecule has 0 bridgehead atoms. The quantitative estimate of drug-likeness (QED) is 0.252. The number of benzene rings is 1. The summed E-state index contributed by atoms with van der Waals surface area (Å²) in [6.45, 7) is 9.99. The van der Waals surface area contributed by atoms with Crippen molar-refractivity contribution in [3.05, 3.63) is 59.8 Å². The zero-order valence-corrected chi connectivity index (χ0v) is 26.9. The number of aromatic nitrogens is 4. The van der Waals surface area contributed by atoms with E-state index in [4.69, 9.17) is 14.5 Å². The van der Waals surface area contributed by atoms with Gasteiger partial charge in [0.25, 0.3) is 0 Å². The maximum Gasteiger partial charge on any atom is 0.314 e. The fourth-order valence-corrected chi connectivity index (χ4v) is 5.81. The van der Waals surface area contributed by atoms with Crippen LogP contribution in [0.15, 0.2) is 36.8 Å². The molecule has 0 spiro atoms. The Labute approximate surface area is 271 Å². The van der Waals surface area contributed by atoms with E-state index < -0.39 is 23.2 Å². The molecule has 11 nitrogen and oxygen atoms in total. The lowest BCUT2D eigenvalue weighted by atomic mass is 10.0. The third-order valence-corrected chi connectivity index (χ3v) is 8.02. The van der Waals surface area contributed by atoms with E-state index in [2.05, 4.69) is 25.2 Å². The zero-order chi connectivity index (χ0) is 33.3. The van der Waals surface area contributed by atoms with Crippen LogP contribution in [-0.4, -0.2) is 70.3 Å². The first-order chi connectivity index (χ1) is 22.5. The van der Waals surface area contributed by atoms with Crippen molar-refractivity contribution in [2.24, 2.45) is 0 Å².